The van der Waals surface area contributed by atoms with Gasteiger partial charge in [0.2, 0.25) is 0 Å². The molecule has 1 aliphatic heterocycles. The lowest BCUT2D eigenvalue weighted by molar-refractivity contribution is -0.145. The molecular weight excluding hydrogens is 238 g/mol. The van der Waals surface area contributed by atoms with Gasteiger partial charge in [-0.2, -0.15) is 0 Å². The molecule has 4 heteroatoms. The van der Waals surface area contributed by atoms with Gasteiger partial charge < -0.3 is 10.4 Å². The van der Waals surface area contributed by atoms with Crippen molar-refractivity contribution in [3.8, 4) is 0 Å². The maximum absolute atomic E-state index is 11.5. The summed E-state index contributed by atoms with van der Waals surface area (Å²) < 4.78 is 0. The molecule has 2 rings (SSSR count). The van der Waals surface area contributed by atoms with Gasteiger partial charge in [0.25, 0.3) is 0 Å². The Labute approximate surface area is 108 Å². The van der Waals surface area contributed by atoms with Crippen LogP contribution in [-0.4, -0.2) is 24.2 Å². The SMILES string of the molecule is Cc1ccc(C2(C(=O)O)CCNCC2)cc1.Cl. The van der Waals surface area contributed by atoms with Gasteiger partial charge in [0.1, 0.15) is 0 Å². The molecule has 0 bridgehead atoms. The third kappa shape index (κ3) is 2.61. The van der Waals surface area contributed by atoms with Crippen molar-refractivity contribution in [1.82, 2.24) is 5.32 Å². The molecule has 1 aliphatic rings. The van der Waals surface area contributed by atoms with Crippen molar-refractivity contribution < 1.29 is 9.90 Å². The normalized spacial score (nSPS) is 18.2. The Hall–Kier alpha value is -1.06. The molecule has 3 nitrogen and oxygen atoms in total. The highest BCUT2D eigenvalue weighted by molar-refractivity contribution is 5.85. The van der Waals surface area contributed by atoms with Gasteiger partial charge in [-0.15, -0.1) is 12.4 Å². The zero-order valence-electron chi connectivity index (χ0n) is 9.90. The number of hydrogen-bond acceptors (Lipinski definition) is 2. The number of nitrogens with one attached hydrogen (secondary N) is 1. The Morgan fingerprint density at radius 3 is 2.24 bits per heavy atom. The van der Waals surface area contributed by atoms with E-state index in [9.17, 15) is 9.90 Å². The summed E-state index contributed by atoms with van der Waals surface area (Å²) in [5.41, 5.74) is 1.42. The zero-order chi connectivity index (χ0) is 11.6. The Morgan fingerprint density at radius 1 is 1.24 bits per heavy atom. The largest absolute Gasteiger partial charge is 0.481 e. The van der Waals surface area contributed by atoms with Crippen molar-refractivity contribution in [1.29, 1.82) is 0 Å². The first kappa shape index (κ1) is 14.0. The van der Waals surface area contributed by atoms with Gasteiger partial charge in [-0.1, -0.05) is 29.8 Å². The number of carboxylic acids is 1. The number of benzene rings is 1. The molecule has 0 amide bonds. The molecule has 0 spiro atoms. The predicted octanol–water partition coefficient (Wildman–Crippen LogP) is 2.12. The first-order valence-corrected chi connectivity index (χ1v) is 5.66. The fourth-order valence-electron chi connectivity index (χ4n) is 2.35. The van der Waals surface area contributed by atoms with Crippen LogP contribution in [0.1, 0.15) is 24.0 Å². The van der Waals surface area contributed by atoms with Crippen molar-refractivity contribution in [2.45, 2.75) is 25.2 Å². The summed E-state index contributed by atoms with van der Waals surface area (Å²) in [7, 11) is 0. The van der Waals surface area contributed by atoms with E-state index in [0.29, 0.717) is 12.8 Å². The fourth-order valence-corrected chi connectivity index (χ4v) is 2.35. The van der Waals surface area contributed by atoms with Crippen molar-refractivity contribution in [2.75, 3.05) is 13.1 Å². The number of aliphatic carboxylic acids is 1. The van der Waals surface area contributed by atoms with Crippen molar-refractivity contribution in [3.05, 3.63) is 35.4 Å². The number of rotatable bonds is 2. The lowest BCUT2D eigenvalue weighted by Crippen LogP contribution is -2.45. The highest BCUT2D eigenvalue weighted by Gasteiger charge is 2.41. The quantitative estimate of drug-likeness (QED) is 0.851. The molecule has 0 unspecified atom stereocenters. The van der Waals surface area contributed by atoms with Crippen LogP contribution in [0.2, 0.25) is 0 Å². The van der Waals surface area contributed by atoms with E-state index in [2.05, 4.69) is 5.32 Å². The number of halogens is 1. The van der Waals surface area contributed by atoms with E-state index in [-0.39, 0.29) is 12.4 Å². The highest BCUT2D eigenvalue weighted by Crippen LogP contribution is 2.33. The molecule has 1 fully saturated rings. The predicted molar refractivity (Wildman–Crippen MR) is 69.8 cm³/mol. The van der Waals surface area contributed by atoms with Crippen LogP contribution in [0, 0.1) is 6.92 Å². The molecule has 17 heavy (non-hydrogen) atoms. The topological polar surface area (TPSA) is 49.3 Å². The van der Waals surface area contributed by atoms with Gasteiger partial charge in [-0.3, -0.25) is 4.79 Å². The van der Waals surface area contributed by atoms with Crippen LogP contribution >= 0.6 is 12.4 Å². The van der Waals surface area contributed by atoms with E-state index in [4.69, 9.17) is 0 Å². The maximum atomic E-state index is 11.5. The first-order chi connectivity index (χ1) is 7.65. The van der Waals surface area contributed by atoms with Crippen LogP contribution in [0.4, 0.5) is 0 Å². The van der Waals surface area contributed by atoms with Crippen molar-refractivity contribution >= 4 is 18.4 Å². The van der Waals surface area contributed by atoms with Crippen molar-refractivity contribution in [3.63, 3.8) is 0 Å². The lowest BCUT2D eigenvalue weighted by atomic mass is 9.73. The molecule has 94 valence electrons. The molecule has 0 aromatic heterocycles. The highest BCUT2D eigenvalue weighted by atomic mass is 35.5. The Balaban J connectivity index is 0.00000144. The molecule has 0 aliphatic carbocycles. The van der Waals surface area contributed by atoms with Crippen molar-refractivity contribution in [2.24, 2.45) is 0 Å². The van der Waals surface area contributed by atoms with Gasteiger partial charge in [-0.05, 0) is 38.4 Å². The maximum Gasteiger partial charge on any atom is 0.314 e. The fraction of sp³-hybridized carbons (Fsp3) is 0.462. The summed E-state index contributed by atoms with van der Waals surface area (Å²) in [5.74, 6) is -0.696. The summed E-state index contributed by atoms with van der Waals surface area (Å²) in [6.07, 6.45) is 1.34. The van der Waals surface area contributed by atoms with Gasteiger partial charge in [-0.25, -0.2) is 0 Å². The summed E-state index contributed by atoms with van der Waals surface area (Å²) in [5, 5.41) is 12.7. The number of carboxylic acid groups (broad SMARTS) is 1. The van der Waals surface area contributed by atoms with Crippen LogP contribution in [-0.2, 0) is 10.2 Å². The third-order valence-corrected chi connectivity index (χ3v) is 3.47. The smallest absolute Gasteiger partial charge is 0.314 e. The minimum absolute atomic E-state index is 0. The molecule has 0 radical (unpaired) electrons. The molecule has 0 atom stereocenters. The van der Waals surface area contributed by atoms with Crippen LogP contribution in [0.25, 0.3) is 0 Å². The van der Waals surface area contributed by atoms with E-state index in [0.717, 1.165) is 18.7 Å². The summed E-state index contributed by atoms with van der Waals surface area (Å²) >= 11 is 0. The summed E-state index contributed by atoms with van der Waals surface area (Å²) in [6, 6.07) is 7.88. The Kier molecular flexibility index (Phi) is 4.54. The standard InChI is InChI=1S/C13H17NO2.ClH/c1-10-2-4-11(5-3-10)13(12(15)16)6-8-14-9-7-13;/h2-5,14H,6-9H2,1H3,(H,15,16);1H. The second-order valence-electron chi connectivity index (χ2n) is 4.50. The van der Waals surface area contributed by atoms with Crippen LogP contribution < -0.4 is 5.32 Å². The van der Waals surface area contributed by atoms with Gasteiger partial charge in [0.05, 0.1) is 5.41 Å². The number of hydrogen-bond donors (Lipinski definition) is 2. The van der Waals surface area contributed by atoms with Gasteiger partial charge >= 0.3 is 5.97 Å². The minimum Gasteiger partial charge on any atom is -0.481 e. The Morgan fingerprint density at radius 2 is 1.76 bits per heavy atom. The zero-order valence-corrected chi connectivity index (χ0v) is 10.7. The monoisotopic (exact) mass is 255 g/mol. The number of piperidine rings is 1. The van der Waals surface area contributed by atoms with E-state index >= 15 is 0 Å². The second kappa shape index (κ2) is 5.52. The second-order valence-corrected chi connectivity index (χ2v) is 4.50. The van der Waals surface area contributed by atoms with Gasteiger partial charge in [0, 0.05) is 0 Å². The molecule has 1 heterocycles. The molecule has 1 saturated heterocycles. The van der Waals surface area contributed by atoms with E-state index in [1.807, 2.05) is 31.2 Å². The lowest BCUT2D eigenvalue weighted by Gasteiger charge is -2.34. The van der Waals surface area contributed by atoms with E-state index in [1.54, 1.807) is 0 Å². The minimum atomic E-state index is -0.696. The van der Waals surface area contributed by atoms with Crippen LogP contribution in [0.5, 0.6) is 0 Å². The summed E-state index contributed by atoms with van der Waals surface area (Å²) in [6.45, 7) is 3.57. The molecule has 1 aromatic rings. The van der Waals surface area contributed by atoms with Crippen LogP contribution in [0.15, 0.2) is 24.3 Å². The van der Waals surface area contributed by atoms with E-state index < -0.39 is 11.4 Å². The Bertz CT molecular complexity index is 383. The molecule has 0 saturated carbocycles. The van der Waals surface area contributed by atoms with E-state index in [1.165, 1.54) is 5.56 Å². The molecule has 1 aromatic carbocycles. The number of carbonyl (C=O) groups is 1. The number of aryl methyl sites for hydroxylation is 1. The van der Waals surface area contributed by atoms with Gasteiger partial charge in [0.15, 0.2) is 0 Å². The summed E-state index contributed by atoms with van der Waals surface area (Å²) in [4.78, 5) is 11.5. The van der Waals surface area contributed by atoms with Crippen LogP contribution in [0.3, 0.4) is 0 Å². The molecule has 2 N–H and O–H groups in total. The first-order valence-electron chi connectivity index (χ1n) is 5.66. The molecular formula is C13H18ClNO2. The average Bonchev–Trinajstić information content (AvgIpc) is 2.30. The average molecular weight is 256 g/mol. The third-order valence-electron chi connectivity index (χ3n) is 3.47.